The number of rotatable bonds is 6. The molecule has 2 heterocycles. The summed E-state index contributed by atoms with van der Waals surface area (Å²) >= 11 is 0. The van der Waals surface area contributed by atoms with Gasteiger partial charge in [-0.25, -0.2) is 4.79 Å². The van der Waals surface area contributed by atoms with Crippen molar-refractivity contribution >= 4 is 22.7 Å². The third-order valence-corrected chi connectivity index (χ3v) is 7.10. The first-order chi connectivity index (χ1) is 17.2. The number of carbonyl (C=O) groups is 1. The molecule has 1 saturated carbocycles. The number of anilines is 1. The number of nitrogens with one attached hydrogen (secondary N) is 1. The summed E-state index contributed by atoms with van der Waals surface area (Å²) in [6.45, 7) is 9.32. The minimum absolute atomic E-state index is 0.0693. The Labute approximate surface area is 211 Å². The van der Waals surface area contributed by atoms with Gasteiger partial charge in [0.05, 0.1) is 30.0 Å². The van der Waals surface area contributed by atoms with E-state index >= 15 is 0 Å². The third-order valence-electron chi connectivity index (χ3n) is 7.10. The Bertz CT molecular complexity index is 1300. The molecule has 1 aliphatic heterocycles. The first kappa shape index (κ1) is 24.2. The van der Waals surface area contributed by atoms with Crippen LogP contribution in [0.15, 0.2) is 42.5 Å². The standard InChI is InChI=1S/C29H33N3O4/c1-18(29(2,3)4)35-28(33)31-20-7-5-19(6-8-20)27-25(16-30)24-12-11-22(36-23-13-14-34-17-23)15-26(24)32(27)21-9-10-21/h5-8,11-12,15,18,21,23H,9-10,13-14,17H2,1-4H3,(H,31,33). The number of hydrogen-bond donors (Lipinski definition) is 1. The van der Waals surface area contributed by atoms with Crippen LogP contribution in [0.25, 0.3) is 22.2 Å². The van der Waals surface area contributed by atoms with Crippen LogP contribution in [-0.4, -0.2) is 36.1 Å². The van der Waals surface area contributed by atoms with Crippen molar-refractivity contribution in [3.05, 3.63) is 48.0 Å². The van der Waals surface area contributed by atoms with Crippen LogP contribution in [0.1, 0.15) is 58.6 Å². The second kappa shape index (κ2) is 9.51. The minimum atomic E-state index is -0.477. The highest BCUT2D eigenvalue weighted by atomic mass is 16.6. The summed E-state index contributed by atoms with van der Waals surface area (Å²) in [5, 5.41) is 13.9. The van der Waals surface area contributed by atoms with Gasteiger partial charge in [0.15, 0.2) is 0 Å². The molecular formula is C29H33N3O4. The molecule has 0 spiro atoms. The molecule has 5 rings (SSSR count). The van der Waals surface area contributed by atoms with E-state index in [9.17, 15) is 10.1 Å². The Morgan fingerprint density at radius 1 is 1.17 bits per heavy atom. The molecule has 7 heteroatoms. The number of aromatic nitrogens is 1. The number of hydrogen-bond acceptors (Lipinski definition) is 5. The third kappa shape index (κ3) is 4.91. The Morgan fingerprint density at radius 2 is 1.92 bits per heavy atom. The quantitative estimate of drug-likeness (QED) is 0.420. The van der Waals surface area contributed by atoms with Crippen molar-refractivity contribution in [1.29, 1.82) is 5.26 Å². The Kier molecular flexibility index (Phi) is 6.40. The largest absolute Gasteiger partial charge is 0.488 e. The zero-order valence-electron chi connectivity index (χ0n) is 21.3. The first-order valence-electron chi connectivity index (χ1n) is 12.6. The first-order valence-corrected chi connectivity index (χ1v) is 12.6. The van der Waals surface area contributed by atoms with E-state index in [0.29, 0.717) is 23.9 Å². The van der Waals surface area contributed by atoms with E-state index in [-0.39, 0.29) is 17.6 Å². The zero-order chi connectivity index (χ0) is 25.4. The Balaban J connectivity index is 1.44. The highest BCUT2D eigenvalue weighted by Gasteiger charge is 2.31. The van der Waals surface area contributed by atoms with Crippen LogP contribution in [0, 0.1) is 16.7 Å². The minimum Gasteiger partial charge on any atom is -0.488 e. The van der Waals surface area contributed by atoms with Gasteiger partial charge in [0.2, 0.25) is 0 Å². The number of fused-ring (bicyclic) bond motifs is 1. The molecule has 2 fully saturated rings. The summed E-state index contributed by atoms with van der Waals surface area (Å²) in [6, 6.07) is 16.4. The van der Waals surface area contributed by atoms with Gasteiger partial charge in [-0.3, -0.25) is 5.32 Å². The Hall–Kier alpha value is -3.50. The molecule has 1 amide bonds. The average molecular weight is 488 g/mol. The van der Waals surface area contributed by atoms with Crippen LogP contribution < -0.4 is 10.1 Å². The maximum absolute atomic E-state index is 12.3. The van der Waals surface area contributed by atoms with Gasteiger partial charge < -0.3 is 18.8 Å². The van der Waals surface area contributed by atoms with E-state index in [1.165, 1.54) is 0 Å². The number of ether oxygens (including phenoxy) is 3. The van der Waals surface area contributed by atoms with Crippen molar-refractivity contribution in [2.75, 3.05) is 18.5 Å². The Morgan fingerprint density at radius 3 is 2.53 bits per heavy atom. The normalized spacial score (nSPS) is 18.6. The molecule has 1 aromatic heterocycles. The highest BCUT2D eigenvalue weighted by Crippen LogP contribution is 2.45. The van der Waals surface area contributed by atoms with Crippen molar-refractivity contribution in [1.82, 2.24) is 4.57 Å². The van der Waals surface area contributed by atoms with Gasteiger partial charge in [-0.2, -0.15) is 5.26 Å². The second-order valence-electron chi connectivity index (χ2n) is 10.8. The summed E-state index contributed by atoms with van der Waals surface area (Å²) in [4.78, 5) is 12.3. The molecule has 3 aromatic rings. The lowest BCUT2D eigenvalue weighted by Crippen LogP contribution is -2.30. The summed E-state index contributed by atoms with van der Waals surface area (Å²) in [7, 11) is 0. The van der Waals surface area contributed by atoms with Crippen LogP contribution in [0.2, 0.25) is 0 Å². The topological polar surface area (TPSA) is 85.5 Å². The average Bonchev–Trinajstić information content (AvgIpc) is 3.44. The molecule has 2 aromatic carbocycles. The smallest absolute Gasteiger partial charge is 0.411 e. The van der Waals surface area contributed by atoms with E-state index < -0.39 is 6.09 Å². The summed E-state index contributed by atoms with van der Waals surface area (Å²) in [6.07, 6.45) is 2.43. The lowest BCUT2D eigenvalue weighted by atomic mass is 9.90. The van der Waals surface area contributed by atoms with Gasteiger partial charge in [-0.15, -0.1) is 0 Å². The van der Waals surface area contributed by atoms with E-state index in [1.54, 1.807) is 0 Å². The molecule has 188 valence electrons. The van der Waals surface area contributed by atoms with Gasteiger partial charge in [0.25, 0.3) is 0 Å². The molecule has 2 aliphatic rings. The molecule has 2 unspecified atom stereocenters. The molecule has 7 nitrogen and oxygen atoms in total. The van der Waals surface area contributed by atoms with Gasteiger partial charge in [-0.1, -0.05) is 32.9 Å². The number of nitrogens with zero attached hydrogens (tertiary/aromatic N) is 2. The monoisotopic (exact) mass is 487 g/mol. The van der Waals surface area contributed by atoms with Gasteiger partial charge in [0, 0.05) is 29.6 Å². The number of benzene rings is 2. The molecule has 0 radical (unpaired) electrons. The van der Waals surface area contributed by atoms with Gasteiger partial charge in [0.1, 0.15) is 24.0 Å². The SMILES string of the molecule is CC(OC(=O)Nc1ccc(-c2c(C#N)c3ccc(OC4CCOC4)cc3n2C2CC2)cc1)C(C)(C)C. The number of carbonyl (C=O) groups excluding carboxylic acids is 1. The lowest BCUT2D eigenvalue weighted by molar-refractivity contribution is 0.0528. The van der Waals surface area contributed by atoms with Crippen molar-refractivity contribution in [2.45, 2.75) is 65.2 Å². The van der Waals surface area contributed by atoms with Crippen LogP contribution in [0.4, 0.5) is 10.5 Å². The van der Waals surface area contributed by atoms with Crippen molar-refractivity contribution in [3.8, 4) is 23.1 Å². The summed E-state index contributed by atoms with van der Waals surface area (Å²) < 4.78 is 19.4. The van der Waals surface area contributed by atoms with E-state index in [1.807, 2.05) is 64.1 Å². The van der Waals surface area contributed by atoms with Crippen molar-refractivity contribution in [2.24, 2.45) is 5.41 Å². The molecule has 36 heavy (non-hydrogen) atoms. The molecule has 2 atom stereocenters. The number of nitriles is 1. The van der Waals surface area contributed by atoms with Crippen LogP contribution in [0.3, 0.4) is 0 Å². The fraction of sp³-hybridized carbons (Fsp3) is 0.448. The second-order valence-corrected chi connectivity index (χ2v) is 10.8. The van der Waals surface area contributed by atoms with Crippen LogP contribution in [-0.2, 0) is 9.47 Å². The van der Waals surface area contributed by atoms with Crippen molar-refractivity contribution in [3.63, 3.8) is 0 Å². The predicted molar refractivity (Wildman–Crippen MR) is 139 cm³/mol. The maximum Gasteiger partial charge on any atom is 0.411 e. The summed E-state index contributed by atoms with van der Waals surface area (Å²) in [5.74, 6) is 0.802. The molecule has 0 bridgehead atoms. The van der Waals surface area contributed by atoms with Crippen molar-refractivity contribution < 1.29 is 19.0 Å². The molecule has 1 N–H and O–H groups in total. The van der Waals surface area contributed by atoms with E-state index in [2.05, 4.69) is 22.0 Å². The fourth-order valence-corrected chi connectivity index (χ4v) is 4.47. The van der Waals surface area contributed by atoms with Crippen LogP contribution >= 0.6 is 0 Å². The zero-order valence-corrected chi connectivity index (χ0v) is 21.3. The van der Waals surface area contributed by atoms with E-state index in [4.69, 9.17) is 14.2 Å². The maximum atomic E-state index is 12.3. The lowest BCUT2D eigenvalue weighted by Gasteiger charge is -2.26. The van der Waals surface area contributed by atoms with Crippen LogP contribution in [0.5, 0.6) is 5.75 Å². The van der Waals surface area contributed by atoms with Gasteiger partial charge >= 0.3 is 6.09 Å². The summed E-state index contributed by atoms with van der Waals surface area (Å²) in [5.41, 5.74) is 4.03. The van der Waals surface area contributed by atoms with E-state index in [0.717, 1.165) is 53.8 Å². The highest BCUT2D eigenvalue weighted by molar-refractivity contribution is 5.96. The predicted octanol–water partition coefficient (Wildman–Crippen LogP) is 6.67. The van der Waals surface area contributed by atoms with Gasteiger partial charge in [-0.05, 0) is 55.0 Å². The molecule has 1 saturated heterocycles. The molecule has 1 aliphatic carbocycles. The fourth-order valence-electron chi connectivity index (χ4n) is 4.47. The molecular weight excluding hydrogens is 454 g/mol. The number of amides is 1.